The maximum atomic E-state index is 12.3. The van der Waals surface area contributed by atoms with Crippen LogP contribution in [0.25, 0.3) is 0 Å². The van der Waals surface area contributed by atoms with Crippen molar-refractivity contribution in [3.8, 4) is 5.75 Å². The van der Waals surface area contributed by atoms with Gasteiger partial charge in [0.25, 0.3) is 5.91 Å². The lowest BCUT2D eigenvalue weighted by Crippen LogP contribution is -2.30. The van der Waals surface area contributed by atoms with E-state index < -0.39 is 18.0 Å². The maximum absolute atomic E-state index is 12.3. The first-order chi connectivity index (χ1) is 13.8. The summed E-state index contributed by atoms with van der Waals surface area (Å²) < 4.78 is 40.8. The number of hydrogen-bond donors (Lipinski definition) is 1. The monoisotopic (exact) mass is 425 g/mol. The summed E-state index contributed by atoms with van der Waals surface area (Å²) in [6, 6.07) is 8.92. The Bertz CT molecular complexity index is 897. The number of piperidine rings is 1. The molecule has 1 aromatic heterocycles. The summed E-state index contributed by atoms with van der Waals surface area (Å²) in [5.41, 5.74) is 1.15. The van der Waals surface area contributed by atoms with Crippen molar-refractivity contribution < 1.29 is 22.7 Å². The van der Waals surface area contributed by atoms with Gasteiger partial charge in [-0.1, -0.05) is 23.7 Å². The highest BCUT2D eigenvalue weighted by molar-refractivity contribution is 6.30. The molecular formula is C20H19ClF3N3O2. The number of benzene rings is 1. The Hall–Kier alpha value is -2.32. The van der Waals surface area contributed by atoms with Crippen molar-refractivity contribution >= 4 is 17.5 Å². The molecule has 1 amide bonds. The molecule has 9 heteroatoms. The average molecular weight is 426 g/mol. The van der Waals surface area contributed by atoms with E-state index in [1.54, 1.807) is 6.20 Å². The number of halogens is 4. The van der Waals surface area contributed by atoms with Gasteiger partial charge in [-0.2, -0.15) is 0 Å². The van der Waals surface area contributed by atoms with Crippen molar-refractivity contribution in [3.05, 3.63) is 58.9 Å². The van der Waals surface area contributed by atoms with Crippen LogP contribution in [-0.4, -0.2) is 41.8 Å². The van der Waals surface area contributed by atoms with Crippen LogP contribution < -0.4 is 10.1 Å². The second-order valence-corrected chi connectivity index (χ2v) is 7.78. The second kappa shape index (κ2) is 7.84. The molecule has 0 spiro atoms. The lowest BCUT2D eigenvalue weighted by Gasteiger charge is -2.20. The van der Waals surface area contributed by atoms with E-state index in [1.807, 2.05) is 12.1 Å². The Balaban J connectivity index is 1.24. The molecule has 2 unspecified atom stereocenters. The number of aromatic nitrogens is 1. The first-order valence-corrected chi connectivity index (χ1v) is 9.64. The molecule has 29 heavy (non-hydrogen) atoms. The minimum atomic E-state index is -4.79. The molecule has 2 heterocycles. The summed E-state index contributed by atoms with van der Waals surface area (Å²) in [6.07, 6.45) is -3.12. The third-order valence-corrected chi connectivity index (χ3v) is 5.85. The molecule has 154 valence electrons. The molecule has 2 aliphatic rings. The molecule has 2 atom stereocenters. The van der Waals surface area contributed by atoms with Crippen molar-refractivity contribution in [2.45, 2.75) is 12.9 Å². The fourth-order valence-corrected chi connectivity index (χ4v) is 4.27. The first kappa shape index (κ1) is 20.0. The van der Waals surface area contributed by atoms with Gasteiger partial charge in [0, 0.05) is 43.5 Å². The van der Waals surface area contributed by atoms with Crippen molar-refractivity contribution in [1.29, 1.82) is 0 Å². The number of pyridine rings is 1. The van der Waals surface area contributed by atoms with Gasteiger partial charge in [-0.25, -0.2) is 4.98 Å². The van der Waals surface area contributed by atoms with Crippen LogP contribution in [0.3, 0.4) is 0 Å². The van der Waals surface area contributed by atoms with Crippen LogP contribution in [0.15, 0.2) is 42.6 Å². The summed E-state index contributed by atoms with van der Waals surface area (Å²) in [6.45, 7) is 3.14. The molecule has 2 fully saturated rings. The number of alkyl halides is 3. The topological polar surface area (TPSA) is 54.5 Å². The standard InChI is InChI=1S/C20H19ClF3N3O2/c21-18-13(4-2-6-25-18)9-27-10-16-15(17(16)11-27)8-26-19(28)12-3-1-5-14(7-12)29-20(22,23)24/h1-7,15-17H,8-11H2,(H,26,28). The minimum Gasteiger partial charge on any atom is -0.406 e. The van der Waals surface area contributed by atoms with Crippen LogP contribution in [0.1, 0.15) is 15.9 Å². The highest BCUT2D eigenvalue weighted by Gasteiger charge is 2.55. The van der Waals surface area contributed by atoms with E-state index in [0.29, 0.717) is 29.5 Å². The van der Waals surface area contributed by atoms with Gasteiger partial charge in [0.15, 0.2) is 0 Å². The van der Waals surface area contributed by atoms with Crippen LogP contribution in [0.4, 0.5) is 13.2 Å². The zero-order valence-corrected chi connectivity index (χ0v) is 16.1. The average Bonchev–Trinajstić information content (AvgIpc) is 3.11. The van der Waals surface area contributed by atoms with E-state index in [9.17, 15) is 18.0 Å². The van der Waals surface area contributed by atoms with Gasteiger partial charge in [0.1, 0.15) is 10.9 Å². The number of likely N-dealkylation sites (tertiary alicyclic amines) is 1. The second-order valence-electron chi connectivity index (χ2n) is 7.42. The minimum absolute atomic E-state index is 0.144. The highest BCUT2D eigenvalue weighted by atomic mass is 35.5. The van der Waals surface area contributed by atoms with E-state index in [-0.39, 0.29) is 5.56 Å². The zero-order valence-electron chi connectivity index (χ0n) is 15.3. The fourth-order valence-electron chi connectivity index (χ4n) is 4.09. The molecule has 1 saturated heterocycles. The summed E-state index contributed by atoms with van der Waals surface area (Å²) in [4.78, 5) is 18.7. The lowest BCUT2D eigenvalue weighted by atomic mass is 10.2. The quantitative estimate of drug-likeness (QED) is 0.716. The van der Waals surface area contributed by atoms with E-state index >= 15 is 0 Å². The summed E-state index contributed by atoms with van der Waals surface area (Å²) in [5, 5.41) is 3.35. The number of carbonyl (C=O) groups is 1. The SMILES string of the molecule is O=C(NCC1C2CN(Cc3cccnc3Cl)CC12)c1cccc(OC(F)(F)F)c1. The number of carbonyl (C=O) groups excluding carboxylic acids is 1. The molecule has 5 nitrogen and oxygen atoms in total. The van der Waals surface area contributed by atoms with Gasteiger partial charge in [-0.05, 0) is 42.0 Å². The number of nitrogens with zero attached hydrogens (tertiary/aromatic N) is 2. The van der Waals surface area contributed by atoms with Gasteiger partial charge in [0.2, 0.25) is 0 Å². The van der Waals surface area contributed by atoms with Crippen LogP contribution in [0, 0.1) is 17.8 Å². The highest BCUT2D eigenvalue weighted by Crippen LogP contribution is 2.51. The smallest absolute Gasteiger partial charge is 0.406 e. The molecule has 1 aliphatic heterocycles. The molecule has 0 radical (unpaired) electrons. The molecular weight excluding hydrogens is 407 g/mol. The number of fused-ring (bicyclic) bond motifs is 1. The Kier molecular flexibility index (Phi) is 5.40. The van der Waals surface area contributed by atoms with Gasteiger partial charge in [-0.3, -0.25) is 9.69 Å². The zero-order chi connectivity index (χ0) is 20.6. The van der Waals surface area contributed by atoms with E-state index in [0.717, 1.165) is 31.3 Å². The summed E-state index contributed by atoms with van der Waals surface area (Å²) in [5.74, 6) is 0.630. The van der Waals surface area contributed by atoms with Crippen LogP contribution in [-0.2, 0) is 6.54 Å². The third-order valence-electron chi connectivity index (χ3n) is 5.51. The lowest BCUT2D eigenvalue weighted by molar-refractivity contribution is -0.274. The van der Waals surface area contributed by atoms with Crippen LogP contribution >= 0.6 is 11.6 Å². The van der Waals surface area contributed by atoms with Gasteiger partial charge >= 0.3 is 6.36 Å². The van der Waals surface area contributed by atoms with Crippen molar-refractivity contribution in [1.82, 2.24) is 15.2 Å². The maximum Gasteiger partial charge on any atom is 0.573 e. The Morgan fingerprint density at radius 2 is 2.00 bits per heavy atom. The van der Waals surface area contributed by atoms with Gasteiger partial charge < -0.3 is 10.1 Å². The van der Waals surface area contributed by atoms with Crippen LogP contribution in [0.2, 0.25) is 5.15 Å². The molecule has 0 bridgehead atoms. The molecule has 1 saturated carbocycles. The van der Waals surface area contributed by atoms with Crippen molar-refractivity contribution in [3.63, 3.8) is 0 Å². The number of hydrogen-bond acceptors (Lipinski definition) is 4. The Labute approximate surface area is 170 Å². The number of amides is 1. The third kappa shape index (κ3) is 4.82. The number of nitrogens with one attached hydrogen (secondary N) is 1. The fraction of sp³-hybridized carbons (Fsp3) is 0.400. The van der Waals surface area contributed by atoms with E-state index in [2.05, 4.69) is 19.9 Å². The molecule has 2 aromatic rings. The predicted molar refractivity (Wildman–Crippen MR) is 100 cm³/mol. The van der Waals surface area contributed by atoms with Crippen LogP contribution in [0.5, 0.6) is 5.75 Å². The number of ether oxygens (including phenoxy) is 1. The summed E-state index contributed by atoms with van der Waals surface area (Å²) >= 11 is 6.11. The first-order valence-electron chi connectivity index (χ1n) is 9.26. The predicted octanol–water partition coefficient (Wildman–Crippen LogP) is 3.74. The Morgan fingerprint density at radius 1 is 1.24 bits per heavy atom. The van der Waals surface area contributed by atoms with Gasteiger partial charge in [-0.15, -0.1) is 13.2 Å². The molecule has 1 aliphatic carbocycles. The van der Waals surface area contributed by atoms with E-state index in [4.69, 9.17) is 11.6 Å². The Morgan fingerprint density at radius 3 is 2.69 bits per heavy atom. The normalized spacial score (nSPS) is 23.5. The van der Waals surface area contributed by atoms with Gasteiger partial charge in [0.05, 0.1) is 0 Å². The largest absolute Gasteiger partial charge is 0.573 e. The number of rotatable bonds is 6. The molecule has 1 aromatic carbocycles. The van der Waals surface area contributed by atoms with Crippen molar-refractivity contribution in [2.24, 2.45) is 17.8 Å². The van der Waals surface area contributed by atoms with E-state index in [1.165, 1.54) is 18.2 Å². The summed E-state index contributed by atoms with van der Waals surface area (Å²) in [7, 11) is 0. The molecule has 4 rings (SSSR count). The molecule has 1 N–H and O–H groups in total. The van der Waals surface area contributed by atoms with Crippen molar-refractivity contribution in [2.75, 3.05) is 19.6 Å².